The van der Waals surface area contributed by atoms with E-state index in [-0.39, 0.29) is 17.8 Å². The van der Waals surface area contributed by atoms with Crippen LogP contribution in [-0.2, 0) is 4.79 Å². The quantitative estimate of drug-likeness (QED) is 0.362. The zero-order valence-corrected chi connectivity index (χ0v) is 18.6. The molecule has 2 N–H and O–H groups in total. The van der Waals surface area contributed by atoms with E-state index in [0.717, 1.165) is 16.8 Å². The first-order valence-corrected chi connectivity index (χ1v) is 10.9. The molecule has 0 aliphatic carbocycles. The van der Waals surface area contributed by atoms with Crippen molar-refractivity contribution in [3.05, 3.63) is 119 Å². The molecular weight excluding hydrogens is 453 g/mol. The van der Waals surface area contributed by atoms with Gasteiger partial charge in [-0.3, -0.25) is 10.1 Å². The molecule has 0 fully saturated rings. The van der Waals surface area contributed by atoms with Gasteiger partial charge in [-0.1, -0.05) is 66.2 Å². The van der Waals surface area contributed by atoms with Crippen LogP contribution in [0.5, 0.6) is 0 Å². The average molecular weight is 472 g/mol. The Morgan fingerprint density at radius 2 is 1.76 bits per heavy atom. The lowest BCUT2D eigenvalue weighted by molar-refractivity contribution is -0.111. The molecule has 5 rings (SSSR count). The smallest absolute Gasteiger partial charge is 0.250 e. The highest BCUT2D eigenvalue weighted by molar-refractivity contribution is 6.30. The predicted molar refractivity (Wildman–Crippen MR) is 132 cm³/mol. The topological polar surface area (TPSA) is 71.8 Å². The van der Waals surface area contributed by atoms with Gasteiger partial charge in [-0.15, -0.1) is 5.10 Å². The molecule has 4 aromatic rings. The number of nitrogens with one attached hydrogen (secondary N) is 2. The number of rotatable bonds is 5. The summed E-state index contributed by atoms with van der Waals surface area (Å²) in [7, 11) is 0. The van der Waals surface area contributed by atoms with Gasteiger partial charge in [-0.25, -0.2) is 9.07 Å². The summed E-state index contributed by atoms with van der Waals surface area (Å²) >= 11 is 6.05. The molecule has 168 valence electrons. The van der Waals surface area contributed by atoms with Gasteiger partial charge >= 0.3 is 0 Å². The van der Waals surface area contributed by atoms with Crippen LogP contribution in [0.4, 0.5) is 16.3 Å². The number of halogens is 2. The molecule has 1 unspecified atom stereocenters. The molecule has 34 heavy (non-hydrogen) atoms. The van der Waals surface area contributed by atoms with E-state index in [4.69, 9.17) is 11.6 Å². The first-order valence-electron chi connectivity index (χ1n) is 10.6. The van der Waals surface area contributed by atoms with Crippen LogP contribution in [0.3, 0.4) is 0 Å². The molecule has 1 aliphatic heterocycles. The normalized spacial score (nSPS) is 14.9. The highest BCUT2D eigenvalue weighted by Gasteiger charge is 2.25. The van der Waals surface area contributed by atoms with Gasteiger partial charge in [0, 0.05) is 16.8 Å². The number of hydrogen-bond donors (Lipinski definition) is 2. The lowest BCUT2D eigenvalue weighted by Crippen LogP contribution is -2.20. The van der Waals surface area contributed by atoms with Crippen molar-refractivity contribution in [2.75, 3.05) is 10.6 Å². The van der Waals surface area contributed by atoms with Gasteiger partial charge in [-0.05, 0) is 53.1 Å². The molecule has 1 amide bonds. The van der Waals surface area contributed by atoms with Crippen molar-refractivity contribution in [2.45, 2.75) is 6.04 Å². The van der Waals surface area contributed by atoms with Crippen LogP contribution in [-0.4, -0.2) is 20.7 Å². The van der Waals surface area contributed by atoms with Crippen LogP contribution in [0.2, 0.25) is 5.02 Å². The lowest BCUT2D eigenvalue weighted by Gasteiger charge is -2.24. The van der Waals surface area contributed by atoms with Gasteiger partial charge in [0.2, 0.25) is 5.95 Å². The number of benzene rings is 3. The molecule has 0 saturated heterocycles. The molecule has 6 nitrogen and oxygen atoms in total. The molecule has 3 aromatic carbocycles. The molecule has 0 radical (unpaired) electrons. The minimum Gasteiger partial charge on any atom is -0.324 e. The number of carbonyl (C=O) groups is 1. The van der Waals surface area contributed by atoms with Crippen molar-refractivity contribution in [1.29, 1.82) is 0 Å². The third-order valence-electron chi connectivity index (χ3n) is 5.29. The maximum Gasteiger partial charge on any atom is 0.250 e. The Labute approximate surface area is 200 Å². The third-order valence-corrected chi connectivity index (χ3v) is 5.55. The SMILES string of the molecule is O=C(/C=C/c1ccc(F)cc1)Nc1nc2n(n1)C(c1ccccc1)C=C(c1ccc(Cl)cc1)N2. The van der Waals surface area contributed by atoms with Crippen molar-refractivity contribution >= 4 is 41.2 Å². The van der Waals surface area contributed by atoms with Gasteiger partial charge in [0.25, 0.3) is 11.9 Å². The average Bonchev–Trinajstić information content (AvgIpc) is 3.26. The fourth-order valence-corrected chi connectivity index (χ4v) is 3.76. The van der Waals surface area contributed by atoms with Gasteiger partial charge in [0.1, 0.15) is 11.9 Å². The van der Waals surface area contributed by atoms with E-state index in [1.165, 1.54) is 18.2 Å². The standard InChI is InChI=1S/C26H19ClFN5O/c27-20-11-9-18(10-12-20)22-16-23(19-4-2-1-3-5-19)33-26(29-22)31-25(32-33)30-24(34)15-8-17-6-13-21(28)14-7-17/h1-16,23H,(H2,29,30,31,32,34)/b15-8+. The predicted octanol–water partition coefficient (Wildman–Crippen LogP) is 5.78. The minimum absolute atomic E-state index is 0.169. The molecule has 1 atom stereocenters. The highest BCUT2D eigenvalue weighted by Crippen LogP contribution is 2.33. The van der Waals surface area contributed by atoms with Crippen molar-refractivity contribution in [2.24, 2.45) is 0 Å². The zero-order chi connectivity index (χ0) is 23.5. The van der Waals surface area contributed by atoms with Crippen LogP contribution in [0.25, 0.3) is 11.8 Å². The number of hydrogen-bond acceptors (Lipinski definition) is 4. The van der Waals surface area contributed by atoms with Crippen LogP contribution in [0, 0.1) is 5.82 Å². The number of fused-ring (bicyclic) bond motifs is 1. The van der Waals surface area contributed by atoms with Gasteiger partial charge in [0.15, 0.2) is 0 Å². The summed E-state index contributed by atoms with van der Waals surface area (Å²) < 4.78 is 14.8. The highest BCUT2D eigenvalue weighted by atomic mass is 35.5. The summed E-state index contributed by atoms with van der Waals surface area (Å²) in [5, 5.41) is 11.2. The van der Waals surface area contributed by atoms with E-state index in [1.807, 2.05) is 54.6 Å². The number of nitrogens with zero attached hydrogens (tertiary/aromatic N) is 3. The van der Waals surface area contributed by atoms with Gasteiger partial charge < -0.3 is 5.32 Å². The van der Waals surface area contributed by atoms with E-state index >= 15 is 0 Å². The number of aromatic nitrogens is 3. The summed E-state index contributed by atoms with van der Waals surface area (Å²) in [5.41, 5.74) is 3.54. The second-order valence-corrected chi connectivity index (χ2v) is 8.08. The summed E-state index contributed by atoms with van der Waals surface area (Å²) in [6, 6.07) is 23.1. The monoisotopic (exact) mass is 471 g/mol. The van der Waals surface area contributed by atoms with Crippen LogP contribution in [0.1, 0.15) is 22.7 Å². The first kappa shape index (κ1) is 21.6. The summed E-state index contributed by atoms with van der Waals surface area (Å²) in [5.74, 6) is -0.0575. The zero-order valence-electron chi connectivity index (χ0n) is 17.8. The fourth-order valence-electron chi connectivity index (χ4n) is 3.63. The van der Waals surface area contributed by atoms with E-state index in [1.54, 1.807) is 22.9 Å². The molecular formula is C26H19ClFN5O. The van der Waals surface area contributed by atoms with E-state index in [0.29, 0.717) is 16.5 Å². The number of carbonyl (C=O) groups excluding carboxylic acids is 1. The Morgan fingerprint density at radius 1 is 1.03 bits per heavy atom. The maximum atomic E-state index is 13.1. The second kappa shape index (κ2) is 9.33. The number of allylic oxidation sites excluding steroid dienone is 1. The van der Waals surface area contributed by atoms with E-state index in [2.05, 4.69) is 26.8 Å². The first-order chi connectivity index (χ1) is 16.5. The Bertz CT molecular complexity index is 1380. The lowest BCUT2D eigenvalue weighted by atomic mass is 10.0. The minimum atomic E-state index is -0.394. The fraction of sp³-hybridized carbons (Fsp3) is 0.0385. The van der Waals surface area contributed by atoms with Crippen LogP contribution in [0.15, 0.2) is 91.0 Å². The summed E-state index contributed by atoms with van der Waals surface area (Å²) in [6.07, 6.45) is 5.00. The Kier molecular flexibility index (Phi) is 5.93. The van der Waals surface area contributed by atoms with E-state index in [9.17, 15) is 9.18 Å². The van der Waals surface area contributed by atoms with E-state index < -0.39 is 5.91 Å². The van der Waals surface area contributed by atoms with Crippen LogP contribution >= 0.6 is 11.6 Å². The molecule has 0 bridgehead atoms. The van der Waals surface area contributed by atoms with Crippen molar-refractivity contribution in [3.63, 3.8) is 0 Å². The largest absolute Gasteiger partial charge is 0.324 e. The molecule has 0 saturated carbocycles. The Morgan fingerprint density at radius 3 is 2.50 bits per heavy atom. The number of anilines is 2. The van der Waals surface area contributed by atoms with Crippen molar-refractivity contribution in [3.8, 4) is 0 Å². The van der Waals surface area contributed by atoms with Gasteiger partial charge in [0.05, 0.1) is 0 Å². The molecule has 0 spiro atoms. The van der Waals surface area contributed by atoms with Gasteiger partial charge in [-0.2, -0.15) is 4.98 Å². The molecule has 8 heteroatoms. The summed E-state index contributed by atoms with van der Waals surface area (Å²) in [4.78, 5) is 16.9. The van der Waals surface area contributed by atoms with Crippen LogP contribution < -0.4 is 10.6 Å². The molecule has 2 heterocycles. The maximum absolute atomic E-state index is 13.1. The number of amides is 1. The molecule has 1 aromatic heterocycles. The molecule has 1 aliphatic rings. The van der Waals surface area contributed by atoms with Crippen molar-refractivity contribution in [1.82, 2.24) is 14.8 Å². The van der Waals surface area contributed by atoms with Crippen molar-refractivity contribution < 1.29 is 9.18 Å². The second-order valence-electron chi connectivity index (χ2n) is 7.65. The summed E-state index contributed by atoms with van der Waals surface area (Å²) in [6.45, 7) is 0. The Balaban J connectivity index is 1.41. The third kappa shape index (κ3) is 4.74. The Hall–Kier alpha value is -4.23.